The quantitative estimate of drug-likeness (QED) is 0.143. The van der Waals surface area contributed by atoms with Gasteiger partial charge >= 0.3 is 0 Å². The number of hydrogen-bond acceptors (Lipinski definition) is 7. The highest BCUT2D eigenvalue weighted by molar-refractivity contribution is 6.32. The second-order valence-corrected chi connectivity index (χ2v) is 15.4. The van der Waals surface area contributed by atoms with Gasteiger partial charge < -0.3 is 25.0 Å². The Labute approximate surface area is 347 Å². The number of benzene rings is 4. The third kappa shape index (κ3) is 6.78. The molecule has 0 aliphatic carbocycles. The van der Waals surface area contributed by atoms with Gasteiger partial charge in [-0.1, -0.05) is 71.8 Å². The molecule has 0 unspecified atom stereocenters. The zero-order valence-electron chi connectivity index (χ0n) is 34.0. The van der Waals surface area contributed by atoms with Crippen molar-refractivity contribution in [1.29, 1.82) is 0 Å². The summed E-state index contributed by atoms with van der Waals surface area (Å²) in [5.41, 5.74) is 25.2. The fourth-order valence-electron chi connectivity index (χ4n) is 8.16. The number of hydrazine groups is 1. The number of aliphatic imine (C=N–C) groups is 3. The van der Waals surface area contributed by atoms with Gasteiger partial charge in [-0.3, -0.25) is 0 Å². The normalized spacial score (nSPS) is 15.3. The van der Waals surface area contributed by atoms with E-state index in [0.717, 1.165) is 117 Å². The van der Waals surface area contributed by atoms with Crippen LogP contribution in [0.4, 0.5) is 11.4 Å². The van der Waals surface area contributed by atoms with Gasteiger partial charge in [-0.05, 0) is 140 Å². The molecule has 10 rings (SSSR count). The minimum atomic E-state index is 0.721. The van der Waals surface area contributed by atoms with Gasteiger partial charge in [0.15, 0.2) is 0 Å². The maximum absolute atomic E-state index is 6.85. The van der Waals surface area contributed by atoms with E-state index >= 15 is 0 Å². The molecule has 0 fully saturated rings. The molecule has 4 aliphatic rings. The number of nitrogens with one attached hydrogen (secondary N) is 3. The highest BCUT2D eigenvalue weighted by Gasteiger charge is 2.22. The number of ether oxygens (including phenoxy) is 1. The van der Waals surface area contributed by atoms with Gasteiger partial charge in [0.25, 0.3) is 0 Å². The molecular formula is C52H42N6O2. The lowest BCUT2D eigenvalue weighted by Crippen LogP contribution is -2.18. The third-order valence-electron chi connectivity index (χ3n) is 11.2. The maximum atomic E-state index is 6.85. The minimum absolute atomic E-state index is 0.721. The first kappa shape index (κ1) is 36.6. The summed E-state index contributed by atoms with van der Waals surface area (Å²) >= 11 is 0. The molecule has 2 aromatic heterocycles. The van der Waals surface area contributed by atoms with Crippen LogP contribution in [-0.4, -0.2) is 29.2 Å². The van der Waals surface area contributed by atoms with E-state index in [9.17, 15) is 0 Å². The zero-order valence-corrected chi connectivity index (χ0v) is 34.0. The number of methoxy groups -OCH3 is 1. The smallest absolute Gasteiger partial charge is 0.137 e. The van der Waals surface area contributed by atoms with E-state index in [-0.39, 0.29) is 0 Å². The highest BCUT2D eigenvalue weighted by atomic mass is 16.5. The zero-order chi connectivity index (χ0) is 40.9. The molecule has 4 aliphatic heterocycles. The molecule has 3 N–H and O–H groups in total. The lowest BCUT2D eigenvalue weighted by molar-refractivity contribution is 0.408. The molecule has 0 atom stereocenters. The summed E-state index contributed by atoms with van der Waals surface area (Å²) in [4.78, 5) is 19.3. The molecular weight excluding hydrogens is 741 g/mol. The molecule has 0 amide bonds. The summed E-state index contributed by atoms with van der Waals surface area (Å²) in [6.07, 6.45) is 12.3. The lowest BCUT2D eigenvalue weighted by atomic mass is 10.00. The Kier molecular flexibility index (Phi) is 9.10. The number of aromatic amines is 1. The summed E-state index contributed by atoms with van der Waals surface area (Å²) < 4.78 is 12.4. The summed E-state index contributed by atoms with van der Waals surface area (Å²) in [5.74, 6) is 0.899. The number of fused-ring (bicyclic) bond motifs is 7. The third-order valence-corrected chi connectivity index (χ3v) is 11.2. The second-order valence-electron chi connectivity index (χ2n) is 15.4. The topological polar surface area (TPSA) is 99.3 Å². The van der Waals surface area contributed by atoms with Crippen LogP contribution < -0.4 is 37.1 Å². The lowest BCUT2D eigenvalue weighted by Gasteiger charge is -2.15. The van der Waals surface area contributed by atoms with E-state index in [1.54, 1.807) is 7.11 Å². The molecule has 8 nitrogen and oxygen atoms in total. The van der Waals surface area contributed by atoms with Crippen LogP contribution in [0.2, 0.25) is 0 Å². The van der Waals surface area contributed by atoms with Crippen molar-refractivity contribution in [2.45, 2.75) is 27.7 Å². The van der Waals surface area contributed by atoms with Gasteiger partial charge in [0, 0.05) is 10.9 Å². The molecule has 0 spiro atoms. The van der Waals surface area contributed by atoms with Gasteiger partial charge in [-0.25, -0.2) is 15.0 Å². The van der Waals surface area contributed by atoms with Crippen molar-refractivity contribution in [3.8, 4) is 5.75 Å². The number of rotatable bonds is 7. The number of anilines is 2. The fourth-order valence-corrected chi connectivity index (χ4v) is 8.16. The second kappa shape index (κ2) is 14.9. The molecule has 4 aromatic carbocycles. The maximum Gasteiger partial charge on any atom is 0.137 e. The molecule has 292 valence electrons. The van der Waals surface area contributed by atoms with Crippen molar-refractivity contribution in [2.75, 3.05) is 18.0 Å². The first-order chi connectivity index (χ1) is 29.3. The van der Waals surface area contributed by atoms with Crippen LogP contribution in [-0.2, 0) is 0 Å². The Balaban J connectivity index is 1.14. The van der Waals surface area contributed by atoms with Gasteiger partial charge in [0.05, 0.1) is 69.2 Å². The van der Waals surface area contributed by atoms with Crippen LogP contribution >= 0.6 is 0 Å². The van der Waals surface area contributed by atoms with E-state index in [1.807, 2.05) is 38.1 Å². The SMILES string of the molecule is COc1c(C)cc(NNc2ccc(C3=c4ccc([nH]4)=C4C=CC(=N4)C(c4ccc(C)cc4)=c4ccc(o4)=C(c4ccc(C)cc4)C4=NC(=C5C=CC3=N5)C=C4)cc2)cc1C. The van der Waals surface area contributed by atoms with Crippen LogP contribution in [0, 0.1) is 27.7 Å². The summed E-state index contributed by atoms with van der Waals surface area (Å²) in [5, 5.41) is 1.82. The van der Waals surface area contributed by atoms with E-state index in [0.29, 0.717) is 0 Å². The van der Waals surface area contributed by atoms with E-state index < -0.39 is 0 Å². The van der Waals surface area contributed by atoms with E-state index in [2.05, 4.69) is 151 Å². The first-order valence-corrected chi connectivity index (χ1v) is 20.0. The Morgan fingerprint density at radius 2 is 0.917 bits per heavy atom. The standard InChI is InChI=1S/C52H42N6O2/c1-30-6-10-35(11-7-30)50-45-24-20-41(55-45)39-18-22-43(53-39)49(34-14-16-37(17-15-34)57-58-38-28-32(3)52(59-5)33(4)29-38)44-23-19-40(54-44)42-21-25-46(56-42)51(48-27-26-47(50)60-48)36-12-8-31(2)9-13-36/h6-29,53,57-58H,1-5H3. The Hall–Kier alpha value is -7.71. The average Bonchev–Trinajstić information content (AvgIpc) is 4.11. The van der Waals surface area contributed by atoms with Crippen LogP contribution in [0.1, 0.15) is 38.9 Å². The first-order valence-electron chi connectivity index (χ1n) is 20.0. The Morgan fingerprint density at radius 3 is 1.47 bits per heavy atom. The van der Waals surface area contributed by atoms with Gasteiger partial charge in [-0.15, -0.1) is 0 Å². The Bertz CT molecular complexity index is 3210. The molecule has 60 heavy (non-hydrogen) atoms. The number of aryl methyl sites for hydroxylation is 4. The minimum Gasteiger partial charge on any atom is -0.496 e. The number of allylic oxidation sites excluding steroid dienone is 5. The van der Waals surface area contributed by atoms with Crippen molar-refractivity contribution < 1.29 is 9.15 Å². The average molecular weight is 783 g/mol. The largest absolute Gasteiger partial charge is 0.496 e. The van der Waals surface area contributed by atoms with Gasteiger partial charge in [0.1, 0.15) is 16.6 Å². The number of furan rings is 1. The summed E-state index contributed by atoms with van der Waals surface area (Å²) in [7, 11) is 1.70. The number of aromatic nitrogens is 1. The van der Waals surface area contributed by atoms with Crippen molar-refractivity contribution in [1.82, 2.24) is 4.98 Å². The summed E-state index contributed by atoms with van der Waals surface area (Å²) in [6, 6.07) is 37.8. The summed E-state index contributed by atoms with van der Waals surface area (Å²) in [6.45, 7) is 8.29. The van der Waals surface area contributed by atoms with Gasteiger partial charge in [0.2, 0.25) is 0 Å². The molecule has 6 heterocycles. The van der Waals surface area contributed by atoms with Gasteiger partial charge in [-0.2, -0.15) is 0 Å². The molecule has 0 saturated heterocycles. The van der Waals surface area contributed by atoms with E-state index in [4.69, 9.17) is 24.1 Å². The van der Waals surface area contributed by atoms with Crippen LogP contribution in [0.3, 0.4) is 0 Å². The predicted molar refractivity (Wildman–Crippen MR) is 244 cm³/mol. The molecule has 0 saturated carbocycles. The fraction of sp³-hybridized carbons (Fsp3) is 0.0962. The molecule has 8 heteroatoms. The number of nitrogens with zero attached hydrogens (tertiary/aromatic N) is 3. The van der Waals surface area contributed by atoms with Crippen LogP contribution in [0.25, 0.3) is 22.4 Å². The Morgan fingerprint density at radius 1 is 0.467 bits per heavy atom. The highest BCUT2D eigenvalue weighted by Crippen LogP contribution is 2.30. The monoisotopic (exact) mass is 782 g/mol. The predicted octanol–water partition coefficient (Wildman–Crippen LogP) is 7.95. The van der Waals surface area contributed by atoms with E-state index in [1.165, 1.54) is 11.1 Å². The molecule has 0 radical (unpaired) electrons. The van der Waals surface area contributed by atoms with Crippen LogP contribution in [0.5, 0.6) is 5.75 Å². The molecule has 10 bridgehead atoms. The van der Waals surface area contributed by atoms with Crippen molar-refractivity contribution in [3.05, 3.63) is 218 Å². The van der Waals surface area contributed by atoms with Crippen molar-refractivity contribution >= 4 is 50.9 Å². The molecule has 6 aromatic rings. The van der Waals surface area contributed by atoms with Crippen molar-refractivity contribution in [3.63, 3.8) is 0 Å². The number of H-pyrrole nitrogens is 1. The van der Waals surface area contributed by atoms with Crippen molar-refractivity contribution in [2.24, 2.45) is 15.0 Å². The van der Waals surface area contributed by atoms with Crippen LogP contribution in [0.15, 0.2) is 176 Å². The number of hydrogen-bond donors (Lipinski definition) is 3.